The van der Waals surface area contributed by atoms with Gasteiger partial charge in [-0.1, -0.05) is 24.6 Å². The number of hydrogen-bond donors (Lipinski definition) is 2. The highest BCUT2D eigenvalue weighted by Gasteiger charge is 2.34. The predicted octanol–water partition coefficient (Wildman–Crippen LogP) is 3.20. The summed E-state index contributed by atoms with van der Waals surface area (Å²) in [4.78, 5) is 24.8. The molecule has 1 saturated carbocycles. The number of hydrogen-bond acceptors (Lipinski definition) is 4. The van der Waals surface area contributed by atoms with Crippen molar-refractivity contribution in [1.29, 1.82) is 0 Å². The molecule has 3 rings (SSSR count). The van der Waals surface area contributed by atoms with E-state index in [-0.39, 0.29) is 18.1 Å². The molecule has 134 valence electrons. The van der Waals surface area contributed by atoms with Crippen LogP contribution in [0, 0.1) is 0 Å². The lowest BCUT2D eigenvalue weighted by molar-refractivity contribution is -0.146. The second-order valence-electron chi connectivity index (χ2n) is 6.48. The molecular weight excluding hydrogens is 320 g/mol. The minimum Gasteiger partial charge on any atom is -0.496 e. The lowest BCUT2D eigenvalue weighted by Gasteiger charge is -2.30. The van der Waals surface area contributed by atoms with Gasteiger partial charge in [0, 0.05) is 11.3 Å². The molecule has 1 aliphatic carbocycles. The van der Waals surface area contributed by atoms with Gasteiger partial charge in [-0.3, -0.25) is 0 Å². The summed E-state index contributed by atoms with van der Waals surface area (Å²) in [6, 6.07) is 6.41. The first kappa shape index (κ1) is 17.3. The quantitative estimate of drug-likeness (QED) is 0.823. The van der Waals surface area contributed by atoms with E-state index in [1.54, 1.807) is 14.0 Å². The second kappa shape index (κ2) is 7.59. The highest BCUT2D eigenvalue weighted by Crippen LogP contribution is 2.34. The number of carbonyl (C=O) groups is 2. The third-order valence-corrected chi connectivity index (χ3v) is 4.76. The minimum absolute atomic E-state index is 0.0440. The summed E-state index contributed by atoms with van der Waals surface area (Å²) in [5.41, 5.74) is 1.67. The van der Waals surface area contributed by atoms with Crippen molar-refractivity contribution >= 4 is 12.0 Å². The van der Waals surface area contributed by atoms with Crippen LogP contribution in [-0.2, 0) is 9.53 Å². The van der Waals surface area contributed by atoms with Crippen LogP contribution in [0.2, 0.25) is 0 Å². The van der Waals surface area contributed by atoms with Gasteiger partial charge in [0.2, 0.25) is 0 Å². The summed E-state index contributed by atoms with van der Waals surface area (Å²) in [5.74, 6) is 0.235. The van der Waals surface area contributed by atoms with Crippen LogP contribution in [0.1, 0.15) is 50.6 Å². The fourth-order valence-electron chi connectivity index (χ4n) is 3.50. The van der Waals surface area contributed by atoms with Gasteiger partial charge in [-0.25, -0.2) is 9.59 Å². The first-order valence-corrected chi connectivity index (χ1v) is 8.72. The molecule has 1 aromatic rings. The van der Waals surface area contributed by atoms with Crippen LogP contribution in [-0.4, -0.2) is 25.2 Å². The van der Waals surface area contributed by atoms with E-state index in [9.17, 15) is 9.59 Å². The summed E-state index contributed by atoms with van der Waals surface area (Å²) in [5, 5.41) is 5.49. The number of methoxy groups -OCH3 is 1. The topological polar surface area (TPSA) is 76.7 Å². The zero-order valence-electron chi connectivity index (χ0n) is 14.6. The van der Waals surface area contributed by atoms with Crippen molar-refractivity contribution in [3.8, 4) is 5.75 Å². The Labute approximate surface area is 147 Å². The number of urea groups is 1. The van der Waals surface area contributed by atoms with Crippen LogP contribution in [0.25, 0.3) is 0 Å². The molecule has 0 bridgehead atoms. The number of carbonyl (C=O) groups excluding carboxylic acids is 2. The Morgan fingerprint density at radius 2 is 1.88 bits per heavy atom. The van der Waals surface area contributed by atoms with Gasteiger partial charge in [0.15, 0.2) is 0 Å². The first-order valence-electron chi connectivity index (χ1n) is 8.72. The van der Waals surface area contributed by atoms with Gasteiger partial charge in [-0.2, -0.15) is 0 Å². The Morgan fingerprint density at radius 1 is 1.16 bits per heavy atom. The van der Waals surface area contributed by atoms with Gasteiger partial charge in [-0.15, -0.1) is 0 Å². The standard InChI is InChI=1S/C19H24N2O4/c1-12-16(18(22)25-13-8-4-3-5-9-13)17(21-19(23)20-12)14-10-6-7-11-15(14)24-2/h6-7,10-11,13,17H,3-5,8-9H2,1-2H3,(H2,20,21,23)/t17-/m0/s1. The molecule has 2 N–H and O–H groups in total. The Balaban J connectivity index is 1.90. The number of amides is 2. The van der Waals surface area contributed by atoms with E-state index in [4.69, 9.17) is 9.47 Å². The van der Waals surface area contributed by atoms with E-state index >= 15 is 0 Å². The van der Waals surface area contributed by atoms with E-state index in [1.807, 2.05) is 24.3 Å². The second-order valence-corrected chi connectivity index (χ2v) is 6.48. The SMILES string of the molecule is COc1ccccc1[C@@H]1NC(=O)NC(C)=C1C(=O)OC1CCCCC1. The summed E-state index contributed by atoms with van der Waals surface area (Å²) in [6.07, 6.45) is 5.12. The molecular formula is C19H24N2O4. The van der Waals surface area contributed by atoms with Crippen LogP contribution >= 0.6 is 0 Å². The van der Waals surface area contributed by atoms with Gasteiger partial charge in [0.1, 0.15) is 11.9 Å². The van der Waals surface area contributed by atoms with E-state index < -0.39 is 6.04 Å². The molecule has 1 atom stereocenters. The van der Waals surface area contributed by atoms with Crippen LogP contribution in [0.3, 0.4) is 0 Å². The highest BCUT2D eigenvalue weighted by atomic mass is 16.5. The number of allylic oxidation sites excluding steroid dienone is 1. The highest BCUT2D eigenvalue weighted by molar-refractivity contribution is 5.95. The minimum atomic E-state index is -0.596. The van der Waals surface area contributed by atoms with Crippen molar-refractivity contribution in [1.82, 2.24) is 10.6 Å². The molecule has 1 heterocycles. The number of rotatable bonds is 4. The van der Waals surface area contributed by atoms with E-state index in [0.717, 1.165) is 31.2 Å². The Hall–Kier alpha value is -2.50. The molecule has 1 aliphatic heterocycles. The number of benzene rings is 1. The molecule has 6 heteroatoms. The van der Waals surface area contributed by atoms with Crippen LogP contribution < -0.4 is 15.4 Å². The third kappa shape index (κ3) is 3.78. The molecule has 0 spiro atoms. The number of ether oxygens (including phenoxy) is 2. The number of para-hydroxylation sites is 1. The smallest absolute Gasteiger partial charge is 0.338 e. The van der Waals surface area contributed by atoms with Crippen molar-refractivity contribution in [2.24, 2.45) is 0 Å². The maximum absolute atomic E-state index is 12.9. The Kier molecular flexibility index (Phi) is 5.26. The number of esters is 1. The monoisotopic (exact) mass is 344 g/mol. The van der Waals surface area contributed by atoms with Crippen molar-refractivity contribution < 1.29 is 19.1 Å². The third-order valence-electron chi connectivity index (χ3n) is 4.76. The van der Waals surface area contributed by atoms with E-state index in [0.29, 0.717) is 17.0 Å². The zero-order valence-corrected chi connectivity index (χ0v) is 14.6. The molecule has 0 saturated heterocycles. The summed E-state index contributed by atoms with van der Waals surface area (Å²) < 4.78 is 11.1. The fourth-order valence-corrected chi connectivity index (χ4v) is 3.50. The fraction of sp³-hybridized carbons (Fsp3) is 0.474. The maximum Gasteiger partial charge on any atom is 0.338 e. The predicted molar refractivity (Wildman–Crippen MR) is 93.1 cm³/mol. The Morgan fingerprint density at radius 3 is 2.60 bits per heavy atom. The lowest BCUT2D eigenvalue weighted by atomic mass is 9.94. The maximum atomic E-state index is 12.9. The van der Waals surface area contributed by atoms with Gasteiger partial charge in [0.05, 0.1) is 18.7 Å². The molecule has 0 radical (unpaired) electrons. The molecule has 1 aromatic carbocycles. The summed E-state index contributed by atoms with van der Waals surface area (Å²) >= 11 is 0. The van der Waals surface area contributed by atoms with Crippen molar-refractivity contribution in [3.05, 3.63) is 41.1 Å². The van der Waals surface area contributed by atoms with E-state index in [1.165, 1.54) is 6.42 Å². The van der Waals surface area contributed by atoms with Gasteiger partial charge < -0.3 is 20.1 Å². The van der Waals surface area contributed by atoms with Gasteiger partial charge in [-0.05, 0) is 38.7 Å². The Bertz CT molecular complexity index is 692. The first-order chi connectivity index (χ1) is 12.1. The van der Waals surface area contributed by atoms with Gasteiger partial charge in [0.25, 0.3) is 0 Å². The lowest BCUT2D eigenvalue weighted by Crippen LogP contribution is -2.45. The molecule has 0 aromatic heterocycles. The van der Waals surface area contributed by atoms with Crippen molar-refractivity contribution in [2.75, 3.05) is 7.11 Å². The molecule has 2 aliphatic rings. The largest absolute Gasteiger partial charge is 0.496 e. The molecule has 2 amide bonds. The summed E-state index contributed by atoms with van der Waals surface area (Å²) in [7, 11) is 1.57. The molecule has 1 fully saturated rings. The number of nitrogens with one attached hydrogen (secondary N) is 2. The average molecular weight is 344 g/mol. The van der Waals surface area contributed by atoms with Crippen LogP contribution in [0.4, 0.5) is 4.79 Å². The zero-order chi connectivity index (χ0) is 17.8. The average Bonchev–Trinajstić information content (AvgIpc) is 2.61. The van der Waals surface area contributed by atoms with Crippen LogP contribution in [0.5, 0.6) is 5.75 Å². The summed E-state index contributed by atoms with van der Waals surface area (Å²) in [6.45, 7) is 1.72. The van der Waals surface area contributed by atoms with Crippen molar-refractivity contribution in [3.63, 3.8) is 0 Å². The molecule has 0 unspecified atom stereocenters. The van der Waals surface area contributed by atoms with Crippen LogP contribution in [0.15, 0.2) is 35.5 Å². The van der Waals surface area contributed by atoms with Crippen molar-refractivity contribution in [2.45, 2.75) is 51.2 Å². The van der Waals surface area contributed by atoms with Gasteiger partial charge >= 0.3 is 12.0 Å². The molecule has 6 nitrogen and oxygen atoms in total. The van der Waals surface area contributed by atoms with E-state index in [2.05, 4.69) is 10.6 Å². The molecule has 25 heavy (non-hydrogen) atoms. The normalized spacial score (nSPS) is 21.4.